The van der Waals surface area contributed by atoms with Gasteiger partial charge < -0.3 is 4.67 Å². The van der Waals surface area contributed by atoms with Crippen LogP contribution < -0.4 is 0 Å². The Kier molecular flexibility index (Phi) is 5.40. The zero-order valence-corrected chi connectivity index (χ0v) is 7.52. The molecular weight excluding hydrogens is 157 g/mol. The number of hydrogen-bond donors (Lipinski definition) is 0. The molecule has 0 aliphatic rings. The predicted octanol–water partition coefficient (Wildman–Crippen LogP) is 1.53. The van der Waals surface area contributed by atoms with E-state index in [4.69, 9.17) is 0 Å². The van der Waals surface area contributed by atoms with Gasteiger partial charge in [-0.05, 0) is 9.39 Å². The maximum atomic E-state index is 11.0. The Hall–Kier alpha value is -0.880. The average Bonchev–Trinajstić information content (AvgIpc) is 2.00. The fourth-order valence-corrected chi connectivity index (χ4v) is 0.710. The Morgan fingerprint density at radius 1 is 1.55 bits per heavy atom. The first-order valence-corrected chi connectivity index (χ1v) is 3.70. The zero-order valence-electron chi connectivity index (χ0n) is 6.36. The van der Waals surface area contributed by atoms with Gasteiger partial charge in [0.15, 0.2) is 0 Å². The van der Waals surface area contributed by atoms with E-state index in [1.165, 1.54) is 10.7 Å². The lowest BCUT2D eigenvalue weighted by Gasteiger charge is -2.10. The summed E-state index contributed by atoms with van der Waals surface area (Å²) in [5.41, 5.74) is 0. The summed E-state index contributed by atoms with van der Waals surface area (Å²) >= 11 is 0. The summed E-state index contributed by atoms with van der Waals surface area (Å²) in [7, 11) is 2.32. The maximum Gasteiger partial charge on any atom is 0.249 e. The molecule has 0 spiro atoms. The number of carbonyl (C=O) groups excluding carboxylic acids is 1. The van der Waals surface area contributed by atoms with Crippen LogP contribution in [-0.2, 0) is 4.79 Å². The van der Waals surface area contributed by atoms with Crippen molar-refractivity contribution in [2.24, 2.45) is 0 Å². The molecule has 1 amide bonds. The highest BCUT2D eigenvalue weighted by Gasteiger charge is 1.99. The van der Waals surface area contributed by atoms with E-state index in [0.29, 0.717) is 6.54 Å². The molecule has 0 aliphatic heterocycles. The molecule has 60 valence electrons. The zero-order chi connectivity index (χ0) is 8.69. The summed E-state index contributed by atoms with van der Waals surface area (Å²) in [5.74, 6) is -0.0743. The maximum absolute atomic E-state index is 11.0. The molecule has 3 heteroatoms. The van der Waals surface area contributed by atoms with Gasteiger partial charge in [-0.1, -0.05) is 24.8 Å². The second kappa shape index (κ2) is 5.87. The van der Waals surface area contributed by atoms with E-state index in [1.54, 1.807) is 18.2 Å². The van der Waals surface area contributed by atoms with Gasteiger partial charge in [-0.3, -0.25) is 4.79 Å². The largest absolute Gasteiger partial charge is 0.320 e. The molecule has 2 nitrogen and oxygen atoms in total. The third-order valence-electron chi connectivity index (χ3n) is 0.984. The minimum atomic E-state index is -0.0743. The van der Waals surface area contributed by atoms with Crippen molar-refractivity contribution in [3.63, 3.8) is 0 Å². The van der Waals surface area contributed by atoms with Crippen molar-refractivity contribution in [1.29, 1.82) is 0 Å². The first kappa shape index (κ1) is 10.1. The molecule has 0 bridgehead atoms. The van der Waals surface area contributed by atoms with Crippen LogP contribution in [0.25, 0.3) is 0 Å². The third-order valence-corrected chi connectivity index (χ3v) is 1.45. The van der Waals surface area contributed by atoms with Crippen molar-refractivity contribution >= 4 is 15.3 Å². The molecule has 0 aromatic carbocycles. The molecule has 0 rings (SSSR count). The molecule has 11 heavy (non-hydrogen) atoms. The molecule has 0 aromatic heterocycles. The summed E-state index contributed by atoms with van der Waals surface area (Å²) < 4.78 is 1.48. The molecule has 0 aromatic rings. The monoisotopic (exact) mass is 169 g/mol. The van der Waals surface area contributed by atoms with Crippen molar-refractivity contribution in [3.8, 4) is 0 Å². The van der Waals surface area contributed by atoms with Crippen LogP contribution in [0.3, 0.4) is 0 Å². The first-order valence-electron chi connectivity index (χ1n) is 3.18. The van der Waals surface area contributed by atoms with Crippen LogP contribution in [0.1, 0.15) is 0 Å². The molecule has 0 fully saturated rings. The van der Waals surface area contributed by atoms with Crippen LogP contribution in [0.15, 0.2) is 37.5 Å². The van der Waals surface area contributed by atoms with E-state index in [-0.39, 0.29) is 5.91 Å². The average molecular weight is 169 g/mol. The van der Waals surface area contributed by atoms with Gasteiger partial charge in [0, 0.05) is 12.6 Å². The van der Waals surface area contributed by atoms with E-state index >= 15 is 0 Å². The van der Waals surface area contributed by atoms with Crippen molar-refractivity contribution < 1.29 is 4.79 Å². The summed E-state index contributed by atoms with van der Waals surface area (Å²) in [6.45, 7) is 7.50. The third kappa shape index (κ3) is 4.51. The van der Waals surface area contributed by atoms with Crippen LogP contribution in [0, 0.1) is 0 Å². The highest BCUT2D eigenvalue weighted by Crippen LogP contribution is 1.99. The van der Waals surface area contributed by atoms with E-state index in [0.717, 1.165) is 0 Å². The Balaban J connectivity index is 3.91. The second-order valence-corrected chi connectivity index (χ2v) is 2.50. The van der Waals surface area contributed by atoms with Gasteiger partial charge in [0.2, 0.25) is 5.91 Å². The van der Waals surface area contributed by atoms with Crippen molar-refractivity contribution in [1.82, 2.24) is 4.67 Å². The lowest BCUT2D eigenvalue weighted by molar-refractivity contribution is -0.120. The molecular formula is C8H12NOP. The van der Waals surface area contributed by atoms with Crippen LogP contribution in [-0.4, -0.2) is 17.1 Å². The topological polar surface area (TPSA) is 20.3 Å². The van der Waals surface area contributed by atoms with Crippen LogP contribution in [0.4, 0.5) is 0 Å². The van der Waals surface area contributed by atoms with Crippen LogP contribution in [0.5, 0.6) is 0 Å². The molecule has 1 atom stereocenters. The van der Waals surface area contributed by atoms with Crippen molar-refractivity contribution in [2.45, 2.75) is 0 Å². The normalized spacial score (nSPS) is 9.55. The number of amides is 1. The van der Waals surface area contributed by atoms with Gasteiger partial charge >= 0.3 is 0 Å². The van der Waals surface area contributed by atoms with Crippen molar-refractivity contribution in [2.75, 3.05) is 6.54 Å². The standard InChI is InChI=1S/C8H12NOP/c1-3-5-6-8(10)9(11)7-4-2/h3-6H,1-2,7,11H2. The highest BCUT2D eigenvalue weighted by molar-refractivity contribution is 7.14. The molecule has 0 N–H and O–H groups in total. The van der Waals surface area contributed by atoms with Crippen LogP contribution >= 0.6 is 9.39 Å². The van der Waals surface area contributed by atoms with Gasteiger partial charge in [-0.25, -0.2) is 0 Å². The number of allylic oxidation sites excluding steroid dienone is 2. The lowest BCUT2D eigenvalue weighted by atomic mass is 10.4. The van der Waals surface area contributed by atoms with Gasteiger partial charge in [0.05, 0.1) is 0 Å². The summed E-state index contributed by atoms with van der Waals surface area (Å²) in [6, 6.07) is 0. The highest BCUT2D eigenvalue weighted by atomic mass is 31.0. The molecule has 0 aliphatic carbocycles. The lowest BCUT2D eigenvalue weighted by Crippen LogP contribution is -2.17. The Bertz CT molecular complexity index is 187. The number of nitrogens with zero attached hydrogens (tertiary/aromatic N) is 1. The van der Waals surface area contributed by atoms with Gasteiger partial charge in [0.1, 0.15) is 0 Å². The van der Waals surface area contributed by atoms with Gasteiger partial charge in [-0.2, -0.15) is 0 Å². The quantitative estimate of drug-likeness (QED) is 0.270. The smallest absolute Gasteiger partial charge is 0.249 e. The minimum absolute atomic E-state index is 0.0743. The summed E-state index contributed by atoms with van der Waals surface area (Å²) in [4.78, 5) is 11.0. The Labute approximate surface area is 69.5 Å². The van der Waals surface area contributed by atoms with Gasteiger partial charge in [-0.15, -0.1) is 6.58 Å². The molecule has 0 saturated heterocycles. The summed E-state index contributed by atoms with van der Waals surface area (Å²) in [6.07, 6.45) is 6.27. The molecule has 1 unspecified atom stereocenters. The van der Waals surface area contributed by atoms with Crippen molar-refractivity contribution in [3.05, 3.63) is 37.5 Å². The van der Waals surface area contributed by atoms with Gasteiger partial charge in [0.25, 0.3) is 0 Å². The fraction of sp³-hybridized carbons (Fsp3) is 0.125. The van der Waals surface area contributed by atoms with E-state index in [9.17, 15) is 4.79 Å². The van der Waals surface area contributed by atoms with Crippen LogP contribution in [0.2, 0.25) is 0 Å². The predicted molar refractivity (Wildman–Crippen MR) is 51.0 cm³/mol. The Morgan fingerprint density at radius 2 is 2.18 bits per heavy atom. The summed E-state index contributed by atoms with van der Waals surface area (Å²) in [5, 5.41) is 0. The number of hydrogen-bond acceptors (Lipinski definition) is 1. The molecule has 0 heterocycles. The fourth-order valence-electron chi connectivity index (χ4n) is 0.475. The minimum Gasteiger partial charge on any atom is -0.320 e. The second-order valence-electron chi connectivity index (χ2n) is 1.87. The molecule has 0 saturated carbocycles. The number of carbonyl (C=O) groups is 1. The van der Waals surface area contributed by atoms with E-state index in [2.05, 4.69) is 22.5 Å². The molecule has 0 radical (unpaired) electrons. The SMILES string of the molecule is C=CC=CC(=O)N(P)CC=C. The Morgan fingerprint density at radius 3 is 2.64 bits per heavy atom. The van der Waals surface area contributed by atoms with E-state index < -0.39 is 0 Å². The first-order chi connectivity index (χ1) is 5.22. The number of rotatable bonds is 4. The van der Waals surface area contributed by atoms with E-state index in [1.807, 2.05) is 0 Å².